The van der Waals surface area contributed by atoms with Gasteiger partial charge in [-0.3, -0.25) is 14.2 Å². The van der Waals surface area contributed by atoms with Gasteiger partial charge >= 0.3 is 0 Å². The Balaban J connectivity index is 1.66. The molecule has 2 heterocycles. The SMILES string of the molecule is Cc1ccnn1CC(=O)Nc1cc(C)n(Cc2ccccc2)n1. The summed E-state index contributed by atoms with van der Waals surface area (Å²) in [6.07, 6.45) is 1.68. The van der Waals surface area contributed by atoms with Gasteiger partial charge in [0.1, 0.15) is 6.54 Å². The lowest BCUT2D eigenvalue weighted by atomic mass is 10.2. The summed E-state index contributed by atoms with van der Waals surface area (Å²) in [5, 5.41) is 11.4. The Labute approximate surface area is 134 Å². The van der Waals surface area contributed by atoms with Crippen LogP contribution in [0.4, 0.5) is 5.82 Å². The molecule has 1 N–H and O–H groups in total. The lowest BCUT2D eigenvalue weighted by molar-refractivity contribution is -0.117. The maximum Gasteiger partial charge on any atom is 0.247 e. The van der Waals surface area contributed by atoms with E-state index in [-0.39, 0.29) is 12.5 Å². The van der Waals surface area contributed by atoms with Crippen molar-refractivity contribution in [1.29, 1.82) is 0 Å². The van der Waals surface area contributed by atoms with Crippen molar-refractivity contribution in [3.63, 3.8) is 0 Å². The van der Waals surface area contributed by atoms with Crippen LogP contribution < -0.4 is 5.32 Å². The van der Waals surface area contributed by atoms with E-state index in [0.717, 1.165) is 11.4 Å². The maximum atomic E-state index is 12.1. The lowest BCUT2D eigenvalue weighted by Crippen LogP contribution is -2.20. The number of carbonyl (C=O) groups excluding carboxylic acids is 1. The highest BCUT2D eigenvalue weighted by Crippen LogP contribution is 2.11. The standard InChI is InChI=1S/C17H19N5O/c1-13-8-9-18-21(13)12-17(23)19-16-10-14(2)22(20-16)11-15-6-4-3-5-7-15/h3-10H,11-12H2,1-2H3,(H,19,20,23). The second-order valence-electron chi connectivity index (χ2n) is 5.49. The quantitative estimate of drug-likeness (QED) is 0.787. The molecular formula is C17H19N5O. The second kappa shape index (κ2) is 6.48. The van der Waals surface area contributed by atoms with Crippen LogP contribution >= 0.6 is 0 Å². The second-order valence-corrected chi connectivity index (χ2v) is 5.49. The van der Waals surface area contributed by atoms with Gasteiger partial charge in [0, 0.05) is 23.7 Å². The normalized spacial score (nSPS) is 10.7. The third kappa shape index (κ3) is 3.66. The molecular weight excluding hydrogens is 290 g/mol. The molecule has 0 fully saturated rings. The molecule has 0 atom stereocenters. The summed E-state index contributed by atoms with van der Waals surface area (Å²) in [6.45, 7) is 4.76. The first-order valence-electron chi connectivity index (χ1n) is 7.48. The summed E-state index contributed by atoms with van der Waals surface area (Å²) >= 11 is 0. The van der Waals surface area contributed by atoms with Gasteiger partial charge in [0.05, 0.1) is 6.54 Å². The van der Waals surface area contributed by atoms with Gasteiger partial charge in [-0.1, -0.05) is 30.3 Å². The molecule has 0 radical (unpaired) electrons. The molecule has 0 unspecified atom stereocenters. The third-order valence-corrected chi connectivity index (χ3v) is 3.65. The van der Waals surface area contributed by atoms with Crippen molar-refractivity contribution in [2.24, 2.45) is 0 Å². The average molecular weight is 309 g/mol. The third-order valence-electron chi connectivity index (χ3n) is 3.65. The zero-order chi connectivity index (χ0) is 16.2. The predicted octanol–water partition coefficient (Wildman–Crippen LogP) is 2.38. The molecule has 1 aromatic carbocycles. The first-order chi connectivity index (χ1) is 11.1. The number of nitrogens with zero attached hydrogens (tertiary/aromatic N) is 4. The minimum Gasteiger partial charge on any atom is -0.308 e. The Bertz CT molecular complexity index is 804. The monoisotopic (exact) mass is 309 g/mol. The van der Waals surface area contributed by atoms with Gasteiger partial charge in [-0.25, -0.2) is 0 Å². The zero-order valence-electron chi connectivity index (χ0n) is 13.2. The Hall–Kier alpha value is -2.89. The number of hydrogen-bond donors (Lipinski definition) is 1. The highest BCUT2D eigenvalue weighted by Gasteiger charge is 2.10. The van der Waals surface area contributed by atoms with Crippen molar-refractivity contribution >= 4 is 11.7 Å². The highest BCUT2D eigenvalue weighted by atomic mass is 16.2. The van der Waals surface area contributed by atoms with E-state index < -0.39 is 0 Å². The minimum atomic E-state index is -0.138. The molecule has 0 aliphatic carbocycles. The summed E-state index contributed by atoms with van der Waals surface area (Å²) in [5.41, 5.74) is 3.12. The van der Waals surface area contributed by atoms with Gasteiger partial charge < -0.3 is 5.32 Å². The van der Waals surface area contributed by atoms with Crippen LogP contribution in [-0.2, 0) is 17.9 Å². The Morgan fingerprint density at radius 1 is 1.09 bits per heavy atom. The predicted molar refractivity (Wildman–Crippen MR) is 88.1 cm³/mol. The fraction of sp³-hybridized carbons (Fsp3) is 0.235. The molecule has 3 aromatic rings. The molecule has 0 aliphatic rings. The van der Waals surface area contributed by atoms with Gasteiger partial charge in [-0.2, -0.15) is 10.2 Å². The number of aromatic nitrogens is 4. The smallest absolute Gasteiger partial charge is 0.247 e. The summed E-state index contributed by atoms with van der Waals surface area (Å²) in [6, 6.07) is 13.8. The van der Waals surface area contributed by atoms with Gasteiger partial charge in [0.2, 0.25) is 5.91 Å². The Morgan fingerprint density at radius 3 is 2.57 bits per heavy atom. The van der Waals surface area contributed by atoms with Crippen molar-refractivity contribution in [2.45, 2.75) is 26.9 Å². The zero-order valence-corrected chi connectivity index (χ0v) is 13.2. The molecule has 6 heteroatoms. The number of hydrogen-bond acceptors (Lipinski definition) is 3. The van der Waals surface area contributed by atoms with Crippen molar-refractivity contribution in [2.75, 3.05) is 5.32 Å². The highest BCUT2D eigenvalue weighted by molar-refractivity contribution is 5.89. The van der Waals surface area contributed by atoms with E-state index in [4.69, 9.17) is 0 Å². The van der Waals surface area contributed by atoms with Crippen LogP contribution in [0.5, 0.6) is 0 Å². The molecule has 1 amide bonds. The van der Waals surface area contributed by atoms with Gasteiger partial charge in [0.15, 0.2) is 5.82 Å². The molecule has 2 aromatic heterocycles. The van der Waals surface area contributed by atoms with Crippen LogP contribution in [0.25, 0.3) is 0 Å². The van der Waals surface area contributed by atoms with Crippen LogP contribution in [0.2, 0.25) is 0 Å². The minimum absolute atomic E-state index is 0.138. The van der Waals surface area contributed by atoms with Crippen molar-refractivity contribution in [3.8, 4) is 0 Å². The first kappa shape index (κ1) is 15.0. The van der Waals surface area contributed by atoms with E-state index in [0.29, 0.717) is 12.4 Å². The molecule has 0 aliphatic heterocycles. The van der Waals surface area contributed by atoms with Crippen molar-refractivity contribution < 1.29 is 4.79 Å². The molecule has 23 heavy (non-hydrogen) atoms. The Kier molecular flexibility index (Phi) is 4.23. The summed E-state index contributed by atoms with van der Waals surface area (Å²) in [5.74, 6) is 0.425. The van der Waals surface area contributed by atoms with E-state index in [1.165, 1.54) is 5.56 Å². The van der Waals surface area contributed by atoms with Gasteiger partial charge in [0.25, 0.3) is 0 Å². The lowest BCUT2D eigenvalue weighted by Gasteiger charge is -2.05. The topological polar surface area (TPSA) is 64.7 Å². The summed E-state index contributed by atoms with van der Waals surface area (Å²) in [4.78, 5) is 12.1. The van der Waals surface area contributed by atoms with Crippen LogP contribution in [0.15, 0.2) is 48.7 Å². The summed E-state index contributed by atoms with van der Waals surface area (Å²) in [7, 11) is 0. The molecule has 6 nitrogen and oxygen atoms in total. The molecule has 0 saturated heterocycles. The van der Waals surface area contributed by atoms with Gasteiger partial charge in [-0.05, 0) is 25.5 Å². The van der Waals surface area contributed by atoms with E-state index in [9.17, 15) is 4.79 Å². The molecule has 118 valence electrons. The van der Waals surface area contributed by atoms with Crippen LogP contribution in [0.1, 0.15) is 17.0 Å². The number of benzene rings is 1. The molecule has 0 bridgehead atoms. The van der Waals surface area contributed by atoms with Crippen LogP contribution in [0, 0.1) is 13.8 Å². The first-order valence-corrected chi connectivity index (χ1v) is 7.48. The fourth-order valence-electron chi connectivity index (χ4n) is 2.37. The number of aryl methyl sites for hydroxylation is 2. The largest absolute Gasteiger partial charge is 0.308 e. The van der Waals surface area contributed by atoms with Crippen LogP contribution in [-0.4, -0.2) is 25.5 Å². The van der Waals surface area contributed by atoms with E-state index >= 15 is 0 Å². The van der Waals surface area contributed by atoms with E-state index in [1.54, 1.807) is 10.9 Å². The molecule has 0 spiro atoms. The number of amides is 1. The average Bonchev–Trinajstić information content (AvgIpc) is 3.07. The van der Waals surface area contributed by atoms with Crippen LogP contribution in [0.3, 0.4) is 0 Å². The Morgan fingerprint density at radius 2 is 1.87 bits per heavy atom. The number of nitrogens with one attached hydrogen (secondary N) is 1. The van der Waals surface area contributed by atoms with Crippen molar-refractivity contribution in [1.82, 2.24) is 19.6 Å². The number of rotatable bonds is 5. The number of anilines is 1. The van der Waals surface area contributed by atoms with E-state index in [2.05, 4.69) is 27.6 Å². The molecule has 0 saturated carbocycles. The number of carbonyl (C=O) groups is 1. The van der Waals surface area contributed by atoms with E-state index in [1.807, 2.05) is 48.9 Å². The molecule has 3 rings (SSSR count). The summed E-state index contributed by atoms with van der Waals surface area (Å²) < 4.78 is 3.53. The maximum absolute atomic E-state index is 12.1. The van der Waals surface area contributed by atoms with Crippen molar-refractivity contribution in [3.05, 3.63) is 65.6 Å². The fourth-order valence-corrected chi connectivity index (χ4v) is 2.37. The van der Waals surface area contributed by atoms with Gasteiger partial charge in [-0.15, -0.1) is 0 Å².